The Morgan fingerprint density at radius 2 is 1.60 bits per heavy atom. The summed E-state index contributed by atoms with van der Waals surface area (Å²) in [4.78, 5) is 0. The van der Waals surface area contributed by atoms with Crippen LogP contribution in [0.5, 0.6) is 0 Å². The summed E-state index contributed by atoms with van der Waals surface area (Å²) in [5.74, 6) is 0.649. The van der Waals surface area contributed by atoms with E-state index in [1.165, 1.54) is 22.3 Å². The minimum atomic E-state index is 0.541. The first-order valence-electron chi connectivity index (χ1n) is 7.44. The van der Waals surface area contributed by atoms with Crippen LogP contribution in [-0.4, -0.2) is 13.1 Å². The van der Waals surface area contributed by atoms with Crippen molar-refractivity contribution in [1.29, 1.82) is 0 Å². The lowest BCUT2D eigenvalue weighted by molar-refractivity contribution is 0.424. The van der Waals surface area contributed by atoms with Crippen LogP contribution in [0.25, 0.3) is 11.1 Å². The quantitative estimate of drug-likeness (QED) is 0.844. The Labute approximate surface area is 123 Å². The lowest BCUT2D eigenvalue weighted by Crippen LogP contribution is -2.32. The molecule has 1 atom stereocenters. The highest BCUT2D eigenvalue weighted by atomic mass is 14.9. The first kappa shape index (κ1) is 14.8. The summed E-state index contributed by atoms with van der Waals surface area (Å²) in [5, 5.41) is 3.41. The third-order valence-electron chi connectivity index (χ3n) is 4.04. The molecule has 106 valence electrons. The van der Waals surface area contributed by atoms with Crippen LogP contribution in [0.2, 0.25) is 0 Å². The lowest BCUT2D eigenvalue weighted by atomic mass is 9.94. The summed E-state index contributed by atoms with van der Waals surface area (Å²) in [6.45, 7) is 6.70. The van der Waals surface area contributed by atoms with Crippen molar-refractivity contribution < 1.29 is 0 Å². The Balaban J connectivity index is 2.16. The summed E-state index contributed by atoms with van der Waals surface area (Å²) >= 11 is 0. The minimum absolute atomic E-state index is 0.541. The molecule has 2 aromatic rings. The highest BCUT2D eigenvalue weighted by Crippen LogP contribution is 2.23. The summed E-state index contributed by atoms with van der Waals surface area (Å²) in [7, 11) is 2.05. The lowest BCUT2D eigenvalue weighted by Gasteiger charge is -2.20. The van der Waals surface area contributed by atoms with Crippen molar-refractivity contribution >= 4 is 0 Å². The third-order valence-corrected chi connectivity index (χ3v) is 4.04. The average molecular weight is 267 g/mol. The average Bonchev–Trinajstić information content (AvgIpc) is 2.46. The maximum absolute atomic E-state index is 3.41. The topological polar surface area (TPSA) is 12.0 Å². The molecule has 1 unspecified atom stereocenters. The molecular weight excluding hydrogens is 242 g/mol. The molecule has 0 heterocycles. The predicted octanol–water partition coefficient (Wildman–Crippen LogP) is 4.45. The zero-order chi connectivity index (χ0) is 14.5. The second-order valence-corrected chi connectivity index (χ2v) is 5.86. The van der Waals surface area contributed by atoms with Gasteiger partial charge in [0.25, 0.3) is 0 Å². The monoisotopic (exact) mass is 267 g/mol. The maximum Gasteiger partial charge on any atom is 0.0127 e. The Kier molecular flexibility index (Phi) is 4.97. The molecule has 0 radical (unpaired) electrons. The molecule has 0 saturated heterocycles. The second-order valence-electron chi connectivity index (χ2n) is 5.86. The van der Waals surface area contributed by atoms with E-state index in [0.717, 1.165) is 6.42 Å². The van der Waals surface area contributed by atoms with Crippen molar-refractivity contribution in [2.75, 3.05) is 7.05 Å². The smallest absolute Gasteiger partial charge is 0.0127 e. The van der Waals surface area contributed by atoms with Gasteiger partial charge in [0.1, 0.15) is 0 Å². The van der Waals surface area contributed by atoms with Gasteiger partial charge in [0, 0.05) is 6.04 Å². The first-order chi connectivity index (χ1) is 9.61. The third kappa shape index (κ3) is 3.49. The molecule has 1 nitrogen and oxygen atoms in total. The van der Waals surface area contributed by atoms with E-state index >= 15 is 0 Å². The van der Waals surface area contributed by atoms with E-state index in [-0.39, 0.29) is 0 Å². The van der Waals surface area contributed by atoms with Gasteiger partial charge in [-0.05, 0) is 48.6 Å². The molecule has 0 saturated carbocycles. The summed E-state index contributed by atoms with van der Waals surface area (Å²) < 4.78 is 0. The Bertz CT molecular complexity index is 540. The van der Waals surface area contributed by atoms with Gasteiger partial charge in [-0.3, -0.25) is 0 Å². The second kappa shape index (κ2) is 6.71. The Hall–Kier alpha value is -1.60. The van der Waals surface area contributed by atoms with Crippen molar-refractivity contribution in [3.63, 3.8) is 0 Å². The molecule has 0 fully saturated rings. The van der Waals surface area contributed by atoms with Crippen LogP contribution in [0.1, 0.15) is 25.0 Å². The SMILES string of the molecule is CNC(Cc1ccc(-c2ccccc2C)cc1)C(C)C. The first-order valence-corrected chi connectivity index (χ1v) is 7.44. The van der Waals surface area contributed by atoms with E-state index in [9.17, 15) is 0 Å². The van der Waals surface area contributed by atoms with Gasteiger partial charge in [0.05, 0.1) is 0 Å². The molecule has 1 heteroatoms. The molecule has 0 aliphatic carbocycles. The van der Waals surface area contributed by atoms with Crippen LogP contribution in [0.15, 0.2) is 48.5 Å². The summed E-state index contributed by atoms with van der Waals surface area (Å²) in [5.41, 5.74) is 5.36. The highest BCUT2D eigenvalue weighted by molar-refractivity contribution is 5.67. The van der Waals surface area contributed by atoms with Gasteiger partial charge in [-0.25, -0.2) is 0 Å². The van der Waals surface area contributed by atoms with Gasteiger partial charge in [-0.15, -0.1) is 0 Å². The number of hydrogen-bond donors (Lipinski definition) is 1. The van der Waals surface area contributed by atoms with Gasteiger partial charge in [0.2, 0.25) is 0 Å². The molecule has 1 N–H and O–H groups in total. The van der Waals surface area contributed by atoms with Crippen LogP contribution in [0.4, 0.5) is 0 Å². The highest BCUT2D eigenvalue weighted by Gasteiger charge is 2.11. The van der Waals surface area contributed by atoms with Gasteiger partial charge >= 0.3 is 0 Å². The van der Waals surface area contributed by atoms with Crippen LogP contribution < -0.4 is 5.32 Å². The predicted molar refractivity (Wildman–Crippen MR) is 88.0 cm³/mol. The van der Waals surface area contributed by atoms with Gasteiger partial charge in [-0.2, -0.15) is 0 Å². The standard InChI is InChI=1S/C19H25N/c1-14(2)19(20-4)13-16-9-11-17(12-10-16)18-8-6-5-7-15(18)3/h5-12,14,19-20H,13H2,1-4H3. The van der Waals surface area contributed by atoms with E-state index in [0.29, 0.717) is 12.0 Å². The molecule has 0 amide bonds. The molecule has 0 aromatic heterocycles. The molecule has 0 bridgehead atoms. The molecule has 0 spiro atoms. The van der Waals surface area contributed by atoms with Crippen molar-refractivity contribution in [2.24, 2.45) is 5.92 Å². The number of aryl methyl sites for hydroxylation is 1. The maximum atomic E-state index is 3.41. The fourth-order valence-corrected chi connectivity index (χ4v) is 2.64. The fourth-order valence-electron chi connectivity index (χ4n) is 2.64. The van der Waals surface area contributed by atoms with Gasteiger partial charge < -0.3 is 5.32 Å². The molecule has 2 rings (SSSR count). The van der Waals surface area contributed by atoms with Crippen molar-refractivity contribution in [1.82, 2.24) is 5.32 Å². The number of hydrogen-bond acceptors (Lipinski definition) is 1. The molecule has 2 aromatic carbocycles. The fraction of sp³-hybridized carbons (Fsp3) is 0.368. The van der Waals surface area contributed by atoms with E-state index < -0.39 is 0 Å². The number of likely N-dealkylation sites (N-methyl/N-ethyl adjacent to an activating group) is 1. The molecule has 20 heavy (non-hydrogen) atoms. The van der Waals surface area contributed by atoms with Gasteiger partial charge in [0.15, 0.2) is 0 Å². The van der Waals surface area contributed by atoms with E-state index in [1.54, 1.807) is 0 Å². The zero-order valence-corrected chi connectivity index (χ0v) is 13.0. The number of rotatable bonds is 5. The Morgan fingerprint density at radius 3 is 2.15 bits per heavy atom. The minimum Gasteiger partial charge on any atom is -0.316 e. The molecule has 0 aliphatic heterocycles. The normalized spacial score (nSPS) is 12.7. The van der Waals surface area contributed by atoms with Crippen LogP contribution in [-0.2, 0) is 6.42 Å². The van der Waals surface area contributed by atoms with Crippen molar-refractivity contribution in [3.8, 4) is 11.1 Å². The van der Waals surface area contributed by atoms with Crippen molar-refractivity contribution in [2.45, 2.75) is 33.2 Å². The van der Waals surface area contributed by atoms with E-state index in [1.807, 2.05) is 7.05 Å². The van der Waals surface area contributed by atoms with Crippen molar-refractivity contribution in [3.05, 3.63) is 59.7 Å². The summed E-state index contributed by atoms with van der Waals surface area (Å²) in [6, 6.07) is 18.1. The van der Waals surface area contributed by atoms with E-state index in [2.05, 4.69) is 74.6 Å². The van der Waals surface area contributed by atoms with Crippen LogP contribution in [0, 0.1) is 12.8 Å². The van der Waals surface area contributed by atoms with E-state index in [4.69, 9.17) is 0 Å². The molecule has 0 aliphatic rings. The number of benzene rings is 2. The summed E-state index contributed by atoms with van der Waals surface area (Å²) in [6.07, 6.45) is 1.09. The largest absolute Gasteiger partial charge is 0.316 e. The Morgan fingerprint density at radius 1 is 0.950 bits per heavy atom. The van der Waals surface area contributed by atoms with Crippen LogP contribution >= 0.6 is 0 Å². The van der Waals surface area contributed by atoms with Crippen LogP contribution in [0.3, 0.4) is 0 Å². The number of nitrogens with one attached hydrogen (secondary N) is 1. The molecular formula is C19H25N. The van der Waals surface area contributed by atoms with Gasteiger partial charge in [-0.1, -0.05) is 62.4 Å². The zero-order valence-electron chi connectivity index (χ0n) is 13.0.